The standard InChI is InChI=1S/C18H13ClN2/c1-12(11-20)14-4-8-18-15(10-14)5-9-17(21-18)13-2-6-16(19)7-3-13/h2-10,12H,1H3. The quantitative estimate of drug-likeness (QED) is 0.652. The lowest BCUT2D eigenvalue weighted by molar-refractivity contribution is 0.984. The molecule has 21 heavy (non-hydrogen) atoms. The van der Waals surface area contributed by atoms with Gasteiger partial charge in [0.1, 0.15) is 0 Å². The van der Waals surface area contributed by atoms with E-state index in [1.807, 2.05) is 61.5 Å². The zero-order valence-corrected chi connectivity index (χ0v) is 12.3. The van der Waals surface area contributed by atoms with Crippen molar-refractivity contribution in [1.29, 1.82) is 5.26 Å². The van der Waals surface area contributed by atoms with Crippen LogP contribution in [0.25, 0.3) is 22.2 Å². The fraction of sp³-hybridized carbons (Fsp3) is 0.111. The molecule has 0 fully saturated rings. The highest BCUT2D eigenvalue weighted by atomic mass is 35.5. The van der Waals surface area contributed by atoms with Crippen LogP contribution in [0.15, 0.2) is 54.6 Å². The average Bonchev–Trinajstić information content (AvgIpc) is 2.54. The molecule has 0 saturated heterocycles. The number of halogens is 1. The van der Waals surface area contributed by atoms with Gasteiger partial charge >= 0.3 is 0 Å². The highest BCUT2D eigenvalue weighted by Gasteiger charge is 2.06. The van der Waals surface area contributed by atoms with Gasteiger partial charge in [-0.05, 0) is 42.8 Å². The normalized spacial score (nSPS) is 12.0. The van der Waals surface area contributed by atoms with E-state index < -0.39 is 0 Å². The van der Waals surface area contributed by atoms with Crippen LogP contribution in [0.4, 0.5) is 0 Å². The number of hydrogen-bond donors (Lipinski definition) is 0. The van der Waals surface area contributed by atoms with Gasteiger partial charge in [0.2, 0.25) is 0 Å². The molecular weight excluding hydrogens is 280 g/mol. The average molecular weight is 293 g/mol. The number of benzene rings is 2. The highest BCUT2D eigenvalue weighted by Crippen LogP contribution is 2.25. The summed E-state index contributed by atoms with van der Waals surface area (Å²) in [6.45, 7) is 1.90. The topological polar surface area (TPSA) is 36.7 Å². The van der Waals surface area contributed by atoms with Gasteiger partial charge in [-0.3, -0.25) is 0 Å². The number of fused-ring (bicyclic) bond motifs is 1. The van der Waals surface area contributed by atoms with Crippen molar-refractivity contribution in [2.45, 2.75) is 12.8 Å². The number of nitrogens with zero attached hydrogens (tertiary/aromatic N) is 2. The van der Waals surface area contributed by atoms with Gasteiger partial charge in [0.25, 0.3) is 0 Å². The van der Waals surface area contributed by atoms with Crippen molar-refractivity contribution in [3.05, 3.63) is 65.2 Å². The monoisotopic (exact) mass is 292 g/mol. The molecule has 1 unspecified atom stereocenters. The molecule has 3 rings (SSSR count). The van der Waals surface area contributed by atoms with Gasteiger partial charge in [-0.15, -0.1) is 0 Å². The molecule has 1 heterocycles. The van der Waals surface area contributed by atoms with E-state index in [1.54, 1.807) is 0 Å². The lowest BCUT2D eigenvalue weighted by Crippen LogP contribution is -1.91. The molecule has 0 radical (unpaired) electrons. The molecule has 2 nitrogen and oxygen atoms in total. The second-order valence-corrected chi connectivity index (χ2v) is 5.44. The van der Waals surface area contributed by atoms with Gasteiger partial charge in [0, 0.05) is 16.0 Å². The van der Waals surface area contributed by atoms with Crippen LogP contribution in [-0.4, -0.2) is 4.98 Å². The number of nitriles is 1. The minimum atomic E-state index is -0.106. The molecule has 0 N–H and O–H groups in total. The third kappa shape index (κ3) is 2.74. The van der Waals surface area contributed by atoms with Crippen LogP contribution in [0.3, 0.4) is 0 Å². The van der Waals surface area contributed by atoms with E-state index in [0.29, 0.717) is 0 Å². The Morgan fingerprint density at radius 2 is 1.81 bits per heavy atom. The van der Waals surface area contributed by atoms with Crippen LogP contribution in [0, 0.1) is 11.3 Å². The zero-order valence-electron chi connectivity index (χ0n) is 11.5. The van der Waals surface area contributed by atoms with Crippen LogP contribution in [0.2, 0.25) is 5.02 Å². The first-order valence-electron chi connectivity index (χ1n) is 6.73. The summed E-state index contributed by atoms with van der Waals surface area (Å²) in [6.07, 6.45) is 0. The predicted molar refractivity (Wildman–Crippen MR) is 86.2 cm³/mol. The van der Waals surface area contributed by atoms with Crippen LogP contribution in [0.5, 0.6) is 0 Å². The molecule has 0 bridgehead atoms. The van der Waals surface area contributed by atoms with E-state index >= 15 is 0 Å². The van der Waals surface area contributed by atoms with Gasteiger partial charge in [0.15, 0.2) is 0 Å². The van der Waals surface area contributed by atoms with Crippen LogP contribution < -0.4 is 0 Å². The van der Waals surface area contributed by atoms with Crippen LogP contribution >= 0.6 is 11.6 Å². The largest absolute Gasteiger partial charge is 0.248 e. The Morgan fingerprint density at radius 3 is 2.52 bits per heavy atom. The fourth-order valence-corrected chi connectivity index (χ4v) is 2.40. The first kappa shape index (κ1) is 13.6. The molecule has 3 heteroatoms. The second-order valence-electron chi connectivity index (χ2n) is 5.01. The lowest BCUT2D eigenvalue weighted by Gasteiger charge is -2.07. The summed E-state index contributed by atoms with van der Waals surface area (Å²) < 4.78 is 0. The summed E-state index contributed by atoms with van der Waals surface area (Å²) in [5.74, 6) is -0.106. The van der Waals surface area contributed by atoms with Gasteiger partial charge in [-0.1, -0.05) is 35.9 Å². The maximum Gasteiger partial charge on any atom is 0.0709 e. The van der Waals surface area contributed by atoms with Crippen molar-refractivity contribution in [1.82, 2.24) is 4.98 Å². The minimum absolute atomic E-state index is 0.106. The van der Waals surface area contributed by atoms with Gasteiger partial charge in [0.05, 0.1) is 23.2 Å². The van der Waals surface area contributed by atoms with Gasteiger partial charge in [-0.2, -0.15) is 5.26 Å². The second kappa shape index (κ2) is 5.55. The smallest absolute Gasteiger partial charge is 0.0709 e. The van der Waals surface area contributed by atoms with Crippen molar-refractivity contribution in [2.75, 3.05) is 0 Å². The Labute approximate surface area is 128 Å². The van der Waals surface area contributed by atoms with Crippen molar-refractivity contribution >= 4 is 22.5 Å². The Hall–Kier alpha value is -2.37. The summed E-state index contributed by atoms with van der Waals surface area (Å²) in [4.78, 5) is 4.68. The van der Waals surface area contributed by atoms with E-state index in [0.717, 1.165) is 32.7 Å². The maximum atomic E-state index is 9.00. The van der Waals surface area contributed by atoms with Crippen molar-refractivity contribution in [3.63, 3.8) is 0 Å². The Bertz CT molecular complexity index is 832. The summed E-state index contributed by atoms with van der Waals surface area (Å²) in [6, 6.07) is 19.9. The van der Waals surface area contributed by atoms with E-state index in [9.17, 15) is 0 Å². The molecule has 0 spiro atoms. The van der Waals surface area contributed by atoms with Crippen molar-refractivity contribution < 1.29 is 0 Å². The zero-order chi connectivity index (χ0) is 14.8. The van der Waals surface area contributed by atoms with E-state index in [4.69, 9.17) is 16.9 Å². The Kier molecular flexibility index (Phi) is 3.60. The number of pyridine rings is 1. The summed E-state index contributed by atoms with van der Waals surface area (Å²) in [5, 5.41) is 10.8. The third-order valence-corrected chi connectivity index (χ3v) is 3.80. The molecule has 2 aromatic carbocycles. The predicted octanol–water partition coefficient (Wildman–Crippen LogP) is 5.18. The Morgan fingerprint density at radius 1 is 1.05 bits per heavy atom. The molecule has 0 amide bonds. The summed E-state index contributed by atoms with van der Waals surface area (Å²) in [7, 11) is 0. The summed E-state index contributed by atoms with van der Waals surface area (Å²) >= 11 is 5.91. The minimum Gasteiger partial charge on any atom is -0.248 e. The SMILES string of the molecule is CC(C#N)c1ccc2nc(-c3ccc(Cl)cc3)ccc2c1. The van der Waals surface area contributed by atoms with E-state index in [1.165, 1.54) is 0 Å². The van der Waals surface area contributed by atoms with Crippen molar-refractivity contribution in [3.8, 4) is 17.3 Å². The fourth-order valence-electron chi connectivity index (χ4n) is 2.27. The maximum absolute atomic E-state index is 9.00. The number of aromatic nitrogens is 1. The molecule has 3 aromatic rings. The molecule has 0 aliphatic rings. The molecule has 1 atom stereocenters. The van der Waals surface area contributed by atoms with Crippen LogP contribution in [0.1, 0.15) is 18.4 Å². The molecule has 1 aromatic heterocycles. The van der Waals surface area contributed by atoms with Crippen LogP contribution in [-0.2, 0) is 0 Å². The number of hydrogen-bond acceptors (Lipinski definition) is 2. The van der Waals surface area contributed by atoms with Gasteiger partial charge < -0.3 is 0 Å². The first-order chi connectivity index (χ1) is 10.2. The van der Waals surface area contributed by atoms with Crippen molar-refractivity contribution in [2.24, 2.45) is 0 Å². The Balaban J connectivity index is 2.05. The molecule has 102 valence electrons. The van der Waals surface area contributed by atoms with E-state index in [2.05, 4.69) is 11.1 Å². The molecular formula is C18H13ClN2. The summed E-state index contributed by atoms with van der Waals surface area (Å²) in [5.41, 5.74) is 3.90. The van der Waals surface area contributed by atoms with Gasteiger partial charge in [-0.25, -0.2) is 4.98 Å². The molecule has 0 saturated carbocycles. The van der Waals surface area contributed by atoms with E-state index in [-0.39, 0.29) is 5.92 Å². The third-order valence-electron chi connectivity index (χ3n) is 3.55. The first-order valence-corrected chi connectivity index (χ1v) is 7.11. The molecule has 0 aliphatic carbocycles. The lowest BCUT2D eigenvalue weighted by atomic mass is 10.0. The number of rotatable bonds is 2. The molecule has 0 aliphatic heterocycles. The highest BCUT2D eigenvalue weighted by molar-refractivity contribution is 6.30.